The number of thioether (sulfide) groups is 1. The number of ether oxygens (including phenoxy) is 2. The number of unbranched alkanes of at least 4 members (excludes halogenated alkanes) is 1. The lowest BCUT2D eigenvalue weighted by atomic mass is 10.2. The molecule has 5 nitrogen and oxygen atoms in total. The van der Waals surface area contributed by atoms with Gasteiger partial charge in [-0.25, -0.2) is 0 Å². The summed E-state index contributed by atoms with van der Waals surface area (Å²) in [5.74, 6) is 2.11. The Labute approximate surface area is 169 Å². The Bertz CT molecular complexity index is 522. The third-order valence-corrected chi connectivity index (χ3v) is 3.89. The summed E-state index contributed by atoms with van der Waals surface area (Å²) < 4.78 is 34.4. The molecule has 1 rings (SSSR count). The molecule has 144 valence electrons. The maximum Gasteiger partial charge on any atom is 0.387 e. The first-order valence-electron chi connectivity index (χ1n) is 7.66. The highest BCUT2D eigenvalue weighted by molar-refractivity contribution is 14.0. The highest BCUT2D eigenvalue weighted by Gasteiger charge is 2.11. The van der Waals surface area contributed by atoms with Crippen molar-refractivity contribution < 1.29 is 18.3 Å². The number of methoxy groups -OCH3 is 1. The first-order chi connectivity index (χ1) is 11.6. The predicted octanol–water partition coefficient (Wildman–Crippen LogP) is 3.72. The zero-order valence-corrected chi connectivity index (χ0v) is 17.8. The fourth-order valence-corrected chi connectivity index (χ4v) is 2.50. The summed E-state index contributed by atoms with van der Waals surface area (Å²) in [5, 5.41) is 6.37. The number of hydrogen-bond donors (Lipinski definition) is 2. The molecule has 0 spiro atoms. The standard InChI is InChI=1S/C16H25F2N3O2S.HI/c1-19-16(20-8-4-5-9-24-3)21-11-12-6-7-13(22-2)14(10-12)23-15(17)18;/h6-7,10,15H,4-5,8-9,11H2,1-3H3,(H2,19,20,21);1H. The van der Waals surface area contributed by atoms with Crippen molar-refractivity contribution in [2.75, 3.05) is 32.7 Å². The Balaban J connectivity index is 0.00000576. The number of nitrogens with zero attached hydrogens (tertiary/aromatic N) is 1. The lowest BCUT2D eigenvalue weighted by Gasteiger charge is -2.14. The molecule has 0 unspecified atom stereocenters. The Morgan fingerprint density at radius 3 is 2.60 bits per heavy atom. The van der Waals surface area contributed by atoms with E-state index in [4.69, 9.17) is 4.74 Å². The van der Waals surface area contributed by atoms with E-state index in [0.717, 1.165) is 30.7 Å². The maximum atomic E-state index is 12.4. The van der Waals surface area contributed by atoms with Gasteiger partial charge in [0.2, 0.25) is 0 Å². The van der Waals surface area contributed by atoms with E-state index in [2.05, 4.69) is 26.6 Å². The minimum atomic E-state index is -2.89. The first kappa shape index (κ1) is 24.0. The van der Waals surface area contributed by atoms with Gasteiger partial charge < -0.3 is 20.1 Å². The second kappa shape index (κ2) is 14.2. The number of benzene rings is 1. The van der Waals surface area contributed by atoms with Crippen molar-refractivity contribution in [2.24, 2.45) is 4.99 Å². The molecule has 0 aliphatic carbocycles. The fraction of sp³-hybridized carbons (Fsp3) is 0.562. The van der Waals surface area contributed by atoms with Gasteiger partial charge in [-0.2, -0.15) is 20.5 Å². The van der Waals surface area contributed by atoms with Crippen LogP contribution in [0.3, 0.4) is 0 Å². The largest absolute Gasteiger partial charge is 0.493 e. The topological polar surface area (TPSA) is 54.9 Å². The number of rotatable bonds is 10. The molecule has 0 atom stereocenters. The van der Waals surface area contributed by atoms with Crippen LogP contribution in [0.4, 0.5) is 8.78 Å². The molecule has 0 radical (unpaired) electrons. The molecule has 2 N–H and O–H groups in total. The molecule has 25 heavy (non-hydrogen) atoms. The van der Waals surface area contributed by atoms with Crippen LogP contribution in [0.2, 0.25) is 0 Å². The van der Waals surface area contributed by atoms with Crippen LogP contribution in [-0.2, 0) is 6.54 Å². The number of halogens is 3. The normalized spacial score (nSPS) is 11.0. The lowest BCUT2D eigenvalue weighted by molar-refractivity contribution is -0.0512. The Morgan fingerprint density at radius 2 is 2.00 bits per heavy atom. The van der Waals surface area contributed by atoms with Gasteiger partial charge in [-0.1, -0.05) is 6.07 Å². The van der Waals surface area contributed by atoms with Crippen LogP contribution in [-0.4, -0.2) is 45.3 Å². The van der Waals surface area contributed by atoms with E-state index in [0.29, 0.717) is 12.5 Å². The van der Waals surface area contributed by atoms with Gasteiger partial charge in [0.05, 0.1) is 7.11 Å². The average molecular weight is 489 g/mol. The van der Waals surface area contributed by atoms with Crippen LogP contribution in [0.5, 0.6) is 11.5 Å². The van der Waals surface area contributed by atoms with Crippen molar-refractivity contribution >= 4 is 41.7 Å². The van der Waals surface area contributed by atoms with Crippen molar-refractivity contribution in [1.29, 1.82) is 0 Å². The summed E-state index contributed by atoms with van der Waals surface area (Å²) in [7, 11) is 3.10. The minimum absolute atomic E-state index is 0. The van der Waals surface area contributed by atoms with Crippen LogP contribution < -0.4 is 20.1 Å². The van der Waals surface area contributed by atoms with Gasteiger partial charge in [-0.15, -0.1) is 24.0 Å². The van der Waals surface area contributed by atoms with Gasteiger partial charge >= 0.3 is 6.61 Å². The molecule has 0 saturated heterocycles. The number of aliphatic imine (C=N–C) groups is 1. The summed E-state index contributed by atoms with van der Waals surface area (Å²) in [6.45, 7) is -1.62. The van der Waals surface area contributed by atoms with E-state index in [-0.39, 0.29) is 35.5 Å². The van der Waals surface area contributed by atoms with Crippen molar-refractivity contribution in [1.82, 2.24) is 10.6 Å². The highest BCUT2D eigenvalue weighted by Crippen LogP contribution is 2.29. The molecular formula is C16H26F2IN3O2S. The van der Waals surface area contributed by atoms with E-state index < -0.39 is 6.61 Å². The molecule has 9 heteroatoms. The van der Waals surface area contributed by atoms with E-state index in [9.17, 15) is 8.78 Å². The van der Waals surface area contributed by atoms with Crippen molar-refractivity contribution in [3.8, 4) is 11.5 Å². The third kappa shape index (κ3) is 9.93. The van der Waals surface area contributed by atoms with E-state index in [1.165, 1.54) is 13.2 Å². The third-order valence-electron chi connectivity index (χ3n) is 3.20. The summed E-state index contributed by atoms with van der Waals surface area (Å²) in [5.41, 5.74) is 0.789. The molecule has 0 aliphatic rings. The summed E-state index contributed by atoms with van der Waals surface area (Å²) in [6, 6.07) is 4.92. The summed E-state index contributed by atoms with van der Waals surface area (Å²) >= 11 is 1.83. The quantitative estimate of drug-likeness (QED) is 0.227. The molecule has 0 aromatic heterocycles. The van der Waals surface area contributed by atoms with Crippen LogP contribution >= 0.6 is 35.7 Å². The summed E-state index contributed by atoms with van der Waals surface area (Å²) in [4.78, 5) is 4.14. The van der Waals surface area contributed by atoms with E-state index in [1.54, 1.807) is 19.2 Å². The van der Waals surface area contributed by atoms with Gasteiger partial charge in [-0.05, 0) is 42.5 Å². The zero-order chi connectivity index (χ0) is 17.8. The van der Waals surface area contributed by atoms with Gasteiger partial charge in [0.15, 0.2) is 17.5 Å². The second-order valence-corrected chi connectivity index (χ2v) is 5.90. The minimum Gasteiger partial charge on any atom is -0.493 e. The molecule has 0 saturated carbocycles. The molecule has 0 fully saturated rings. The average Bonchev–Trinajstić information content (AvgIpc) is 2.57. The monoisotopic (exact) mass is 489 g/mol. The molecule has 0 aliphatic heterocycles. The number of guanidine groups is 1. The Kier molecular flexibility index (Phi) is 13.7. The first-order valence-corrected chi connectivity index (χ1v) is 9.05. The van der Waals surface area contributed by atoms with Gasteiger partial charge in [0.25, 0.3) is 0 Å². The maximum absolute atomic E-state index is 12.4. The van der Waals surface area contributed by atoms with E-state index >= 15 is 0 Å². The smallest absolute Gasteiger partial charge is 0.387 e. The molecule has 1 aromatic carbocycles. The number of nitrogens with one attached hydrogen (secondary N) is 2. The lowest BCUT2D eigenvalue weighted by Crippen LogP contribution is -2.37. The number of alkyl halides is 2. The Morgan fingerprint density at radius 1 is 1.24 bits per heavy atom. The molecule has 0 heterocycles. The van der Waals surface area contributed by atoms with Crippen molar-refractivity contribution in [2.45, 2.75) is 26.0 Å². The van der Waals surface area contributed by atoms with Crippen LogP contribution in [0.15, 0.2) is 23.2 Å². The van der Waals surface area contributed by atoms with Gasteiger partial charge in [-0.3, -0.25) is 4.99 Å². The Hall–Kier alpha value is -0.970. The second-order valence-electron chi connectivity index (χ2n) is 4.92. The fourth-order valence-electron chi connectivity index (χ4n) is 2.00. The SMILES string of the molecule is CN=C(NCCCCSC)NCc1ccc(OC)c(OC(F)F)c1.I. The molecule has 0 bridgehead atoms. The van der Waals surface area contributed by atoms with Gasteiger partial charge in [0, 0.05) is 20.1 Å². The van der Waals surface area contributed by atoms with Crippen LogP contribution in [0, 0.1) is 0 Å². The molecule has 0 amide bonds. The predicted molar refractivity (Wildman–Crippen MR) is 111 cm³/mol. The number of hydrogen-bond acceptors (Lipinski definition) is 4. The van der Waals surface area contributed by atoms with Gasteiger partial charge in [0.1, 0.15) is 0 Å². The van der Waals surface area contributed by atoms with Crippen molar-refractivity contribution in [3.05, 3.63) is 23.8 Å². The highest BCUT2D eigenvalue weighted by atomic mass is 127. The van der Waals surface area contributed by atoms with Crippen LogP contribution in [0.25, 0.3) is 0 Å². The van der Waals surface area contributed by atoms with Crippen molar-refractivity contribution in [3.63, 3.8) is 0 Å². The molecule has 1 aromatic rings. The van der Waals surface area contributed by atoms with Crippen LogP contribution in [0.1, 0.15) is 18.4 Å². The van der Waals surface area contributed by atoms with E-state index in [1.807, 2.05) is 11.8 Å². The molecular weight excluding hydrogens is 463 g/mol. The summed E-state index contributed by atoms with van der Waals surface area (Å²) in [6.07, 6.45) is 4.31. The zero-order valence-electron chi connectivity index (χ0n) is 14.7.